The largest absolute Gasteiger partial charge is 0.385 e. The quantitative estimate of drug-likeness (QED) is 0.800. The van der Waals surface area contributed by atoms with E-state index in [1.165, 1.54) is 5.69 Å². The zero-order valence-electron chi connectivity index (χ0n) is 9.83. The van der Waals surface area contributed by atoms with Crippen LogP contribution in [0.1, 0.15) is 39.3 Å². The highest BCUT2D eigenvalue weighted by atomic mass is 15.3. The lowest BCUT2D eigenvalue weighted by molar-refractivity contribution is 0.462. The van der Waals surface area contributed by atoms with Crippen LogP contribution in [0.25, 0.3) is 0 Å². The van der Waals surface area contributed by atoms with Crippen molar-refractivity contribution in [2.24, 2.45) is 5.92 Å². The van der Waals surface area contributed by atoms with Crippen molar-refractivity contribution in [2.45, 2.75) is 40.2 Å². The molecule has 1 aromatic heterocycles. The van der Waals surface area contributed by atoms with Gasteiger partial charge in [-0.3, -0.25) is 4.68 Å². The Kier molecular flexibility index (Phi) is 3.55. The van der Waals surface area contributed by atoms with Gasteiger partial charge in [0.1, 0.15) is 0 Å². The van der Waals surface area contributed by atoms with Gasteiger partial charge in [0, 0.05) is 13.6 Å². The Morgan fingerprint density at radius 3 is 2.43 bits per heavy atom. The lowest BCUT2D eigenvalue weighted by Crippen LogP contribution is -2.11. The molecule has 0 saturated carbocycles. The Morgan fingerprint density at radius 2 is 2.00 bits per heavy atom. The van der Waals surface area contributed by atoms with E-state index >= 15 is 0 Å². The number of anilines is 1. The first-order valence-corrected chi connectivity index (χ1v) is 5.29. The minimum Gasteiger partial charge on any atom is -0.385 e. The summed E-state index contributed by atoms with van der Waals surface area (Å²) in [4.78, 5) is 0. The average Bonchev–Trinajstić information content (AvgIpc) is 2.46. The van der Waals surface area contributed by atoms with Crippen molar-refractivity contribution in [1.29, 1.82) is 0 Å². The van der Waals surface area contributed by atoms with Crippen molar-refractivity contribution >= 4 is 5.69 Å². The SMILES string of the molecule is CNc1cnn(CC(C)C)c1C(C)C. The Balaban J connectivity index is 2.98. The van der Waals surface area contributed by atoms with Gasteiger partial charge in [-0.2, -0.15) is 5.10 Å². The van der Waals surface area contributed by atoms with E-state index in [4.69, 9.17) is 0 Å². The maximum Gasteiger partial charge on any atom is 0.0759 e. The molecule has 0 fully saturated rings. The topological polar surface area (TPSA) is 29.9 Å². The molecule has 0 atom stereocenters. The van der Waals surface area contributed by atoms with Gasteiger partial charge in [-0.25, -0.2) is 0 Å². The Hall–Kier alpha value is -0.990. The first kappa shape index (κ1) is 11.1. The van der Waals surface area contributed by atoms with Crippen LogP contribution in [0.2, 0.25) is 0 Å². The van der Waals surface area contributed by atoms with E-state index in [2.05, 4.69) is 42.8 Å². The van der Waals surface area contributed by atoms with Gasteiger partial charge in [0.25, 0.3) is 0 Å². The molecule has 0 spiro atoms. The van der Waals surface area contributed by atoms with E-state index < -0.39 is 0 Å². The van der Waals surface area contributed by atoms with Gasteiger partial charge in [0.15, 0.2) is 0 Å². The van der Waals surface area contributed by atoms with Crippen molar-refractivity contribution in [3.8, 4) is 0 Å². The summed E-state index contributed by atoms with van der Waals surface area (Å²) in [6.07, 6.45) is 1.91. The van der Waals surface area contributed by atoms with Gasteiger partial charge >= 0.3 is 0 Å². The Morgan fingerprint density at radius 1 is 1.36 bits per heavy atom. The molecule has 0 aliphatic heterocycles. The van der Waals surface area contributed by atoms with Gasteiger partial charge in [-0.05, 0) is 11.8 Å². The second-order valence-corrected chi connectivity index (χ2v) is 4.42. The van der Waals surface area contributed by atoms with Gasteiger partial charge in [-0.1, -0.05) is 27.7 Å². The molecule has 80 valence electrons. The summed E-state index contributed by atoms with van der Waals surface area (Å²) in [7, 11) is 1.95. The van der Waals surface area contributed by atoms with Crippen molar-refractivity contribution in [1.82, 2.24) is 9.78 Å². The molecular formula is C11H21N3. The second-order valence-electron chi connectivity index (χ2n) is 4.42. The fraction of sp³-hybridized carbons (Fsp3) is 0.727. The molecule has 3 heteroatoms. The summed E-state index contributed by atoms with van der Waals surface area (Å²) < 4.78 is 2.11. The number of hydrogen-bond donors (Lipinski definition) is 1. The average molecular weight is 195 g/mol. The molecule has 1 N–H and O–H groups in total. The predicted octanol–water partition coefficient (Wildman–Crippen LogP) is 2.70. The van der Waals surface area contributed by atoms with Gasteiger partial charge in [0.05, 0.1) is 17.6 Å². The van der Waals surface area contributed by atoms with Crippen LogP contribution >= 0.6 is 0 Å². The van der Waals surface area contributed by atoms with Crippen LogP contribution in [-0.4, -0.2) is 16.8 Å². The molecule has 0 aliphatic rings. The molecule has 0 unspecified atom stereocenters. The molecule has 1 heterocycles. The maximum atomic E-state index is 4.40. The molecule has 1 rings (SSSR count). The maximum absolute atomic E-state index is 4.40. The van der Waals surface area contributed by atoms with Crippen LogP contribution in [0.15, 0.2) is 6.20 Å². The van der Waals surface area contributed by atoms with Gasteiger partial charge in [0.2, 0.25) is 0 Å². The normalized spacial score (nSPS) is 11.4. The van der Waals surface area contributed by atoms with Crippen LogP contribution in [0.4, 0.5) is 5.69 Å². The number of nitrogens with zero attached hydrogens (tertiary/aromatic N) is 2. The first-order valence-electron chi connectivity index (χ1n) is 5.29. The summed E-state index contributed by atoms with van der Waals surface area (Å²) >= 11 is 0. The third-order valence-electron chi connectivity index (χ3n) is 2.23. The minimum atomic E-state index is 0.513. The van der Waals surface area contributed by atoms with E-state index in [1.807, 2.05) is 13.2 Å². The molecule has 3 nitrogen and oxygen atoms in total. The molecule has 0 radical (unpaired) electrons. The standard InChI is InChI=1S/C11H21N3/c1-8(2)7-14-11(9(3)4)10(12-5)6-13-14/h6,8-9,12H,7H2,1-5H3. The third kappa shape index (κ3) is 2.28. The third-order valence-corrected chi connectivity index (χ3v) is 2.23. The monoisotopic (exact) mass is 195 g/mol. The zero-order valence-corrected chi connectivity index (χ0v) is 9.83. The van der Waals surface area contributed by atoms with Crippen molar-refractivity contribution in [3.05, 3.63) is 11.9 Å². The second kappa shape index (κ2) is 4.49. The van der Waals surface area contributed by atoms with Gasteiger partial charge < -0.3 is 5.32 Å². The van der Waals surface area contributed by atoms with Crippen LogP contribution in [-0.2, 0) is 6.54 Å². The molecule has 14 heavy (non-hydrogen) atoms. The lowest BCUT2D eigenvalue weighted by Gasteiger charge is -2.13. The highest BCUT2D eigenvalue weighted by Gasteiger charge is 2.13. The van der Waals surface area contributed by atoms with Crippen LogP contribution in [0.3, 0.4) is 0 Å². The Labute approximate surface area is 86.5 Å². The van der Waals surface area contributed by atoms with Crippen LogP contribution in [0.5, 0.6) is 0 Å². The Bertz CT molecular complexity index is 287. The summed E-state index contributed by atoms with van der Waals surface area (Å²) in [5.74, 6) is 1.15. The van der Waals surface area contributed by atoms with E-state index in [-0.39, 0.29) is 0 Å². The zero-order chi connectivity index (χ0) is 10.7. The van der Waals surface area contributed by atoms with E-state index in [1.54, 1.807) is 0 Å². The van der Waals surface area contributed by atoms with Crippen molar-refractivity contribution in [2.75, 3.05) is 12.4 Å². The molecule has 0 saturated heterocycles. The predicted molar refractivity (Wildman–Crippen MR) is 60.7 cm³/mol. The molecule has 0 amide bonds. The highest BCUT2D eigenvalue weighted by molar-refractivity contribution is 5.47. The number of hydrogen-bond acceptors (Lipinski definition) is 2. The van der Waals surface area contributed by atoms with Crippen LogP contribution in [0, 0.1) is 5.92 Å². The molecular weight excluding hydrogens is 174 g/mol. The molecule has 0 aliphatic carbocycles. The van der Waals surface area contributed by atoms with Gasteiger partial charge in [-0.15, -0.1) is 0 Å². The summed E-state index contributed by atoms with van der Waals surface area (Å²) in [6.45, 7) is 9.83. The number of nitrogens with one attached hydrogen (secondary N) is 1. The molecule has 0 aromatic carbocycles. The fourth-order valence-corrected chi connectivity index (χ4v) is 1.69. The smallest absolute Gasteiger partial charge is 0.0759 e. The minimum absolute atomic E-state index is 0.513. The van der Waals surface area contributed by atoms with E-state index in [0.29, 0.717) is 11.8 Å². The summed E-state index contributed by atoms with van der Waals surface area (Å²) in [5, 5.41) is 7.59. The molecule has 0 bridgehead atoms. The van der Waals surface area contributed by atoms with Crippen molar-refractivity contribution in [3.63, 3.8) is 0 Å². The number of aromatic nitrogens is 2. The first-order chi connectivity index (χ1) is 6.56. The van der Waals surface area contributed by atoms with Crippen LogP contribution < -0.4 is 5.32 Å². The number of rotatable bonds is 4. The summed E-state index contributed by atoms with van der Waals surface area (Å²) in [5.41, 5.74) is 2.46. The van der Waals surface area contributed by atoms with E-state index in [9.17, 15) is 0 Å². The summed E-state index contributed by atoms with van der Waals surface area (Å²) in [6, 6.07) is 0. The van der Waals surface area contributed by atoms with Crippen molar-refractivity contribution < 1.29 is 0 Å². The lowest BCUT2D eigenvalue weighted by atomic mass is 10.1. The fourth-order valence-electron chi connectivity index (χ4n) is 1.69. The molecule has 1 aromatic rings. The van der Waals surface area contributed by atoms with E-state index in [0.717, 1.165) is 12.2 Å². The highest BCUT2D eigenvalue weighted by Crippen LogP contribution is 2.24.